The van der Waals surface area contributed by atoms with Crippen LogP contribution in [-0.4, -0.2) is 55.8 Å². The number of hydrogen-bond donors (Lipinski definition) is 1. The van der Waals surface area contributed by atoms with Gasteiger partial charge in [-0.2, -0.15) is 0 Å². The number of carbonyl (C=O) groups excluding carboxylic acids is 2. The summed E-state index contributed by atoms with van der Waals surface area (Å²) in [7, 11) is 0. The van der Waals surface area contributed by atoms with Gasteiger partial charge < -0.3 is 29.6 Å². The summed E-state index contributed by atoms with van der Waals surface area (Å²) in [6.07, 6.45) is 4.31. The molecule has 1 atom stereocenters. The molecule has 0 heterocycles. The van der Waals surface area contributed by atoms with Gasteiger partial charge in [-0.1, -0.05) is 47.5 Å². The van der Waals surface area contributed by atoms with Crippen molar-refractivity contribution in [2.45, 2.75) is 65.0 Å². The summed E-state index contributed by atoms with van der Waals surface area (Å²) >= 11 is 16.2. The number of nitrogens with zero attached hydrogens (tertiary/aromatic N) is 1. The first-order chi connectivity index (χ1) is 22.7. The Hall–Kier alpha value is -2.98. The number of hydrogen-bond acceptors (Lipinski definition) is 7. The third-order valence-electron chi connectivity index (χ3n) is 7.77. The van der Waals surface area contributed by atoms with Crippen molar-refractivity contribution in [1.82, 2.24) is 4.90 Å². The molecule has 0 spiro atoms. The van der Waals surface area contributed by atoms with E-state index in [9.17, 15) is 9.59 Å². The van der Waals surface area contributed by atoms with Crippen LogP contribution in [0.1, 0.15) is 55.7 Å². The molecule has 0 radical (unpaired) electrons. The summed E-state index contributed by atoms with van der Waals surface area (Å²) < 4.78 is 23.4. The largest absolute Gasteiger partial charge is 0.492 e. The quantitative estimate of drug-likeness (QED) is 0.0982. The van der Waals surface area contributed by atoms with Crippen LogP contribution < -0.4 is 19.9 Å². The van der Waals surface area contributed by atoms with Crippen LogP contribution in [0.2, 0.25) is 10.0 Å². The monoisotopic (exact) mass is 748 g/mol. The molecule has 1 amide bonds. The van der Waals surface area contributed by atoms with Gasteiger partial charge in [0.25, 0.3) is 0 Å². The third-order valence-corrected chi connectivity index (χ3v) is 9.23. The fourth-order valence-corrected chi connectivity index (χ4v) is 6.38. The standard InChI is InChI=1S/C36H43BrCl2N2O6/c1-3-44-33(42)9-4-5-16-46-32-8-6-7-26(34(32)37)23-41(28-12-13-28)36(43)27(22-40)21-25-10-14-29(15-11-25)45-17-18-47-35-30(38)19-24(2)20-31(35)39/h6-8,10-11,14-15,19-20,27-28H,3-5,9,12-13,16-18,21-23,40H2,1-2H3. The third kappa shape index (κ3) is 11.3. The molecular formula is C36H43BrCl2N2O6. The maximum absolute atomic E-state index is 13.8. The van der Waals surface area contributed by atoms with Gasteiger partial charge in [-0.3, -0.25) is 9.59 Å². The van der Waals surface area contributed by atoms with Crippen LogP contribution in [0.25, 0.3) is 0 Å². The molecule has 8 nitrogen and oxygen atoms in total. The molecule has 0 bridgehead atoms. The van der Waals surface area contributed by atoms with E-state index >= 15 is 0 Å². The van der Waals surface area contributed by atoms with Crippen molar-refractivity contribution < 1.29 is 28.5 Å². The van der Waals surface area contributed by atoms with Gasteiger partial charge in [0, 0.05) is 25.6 Å². The normalized spacial score (nSPS) is 13.1. The van der Waals surface area contributed by atoms with Crippen LogP contribution in [0.3, 0.4) is 0 Å². The second-order valence-electron chi connectivity index (χ2n) is 11.6. The van der Waals surface area contributed by atoms with Gasteiger partial charge in [0.2, 0.25) is 5.91 Å². The molecule has 2 N–H and O–H groups in total. The summed E-state index contributed by atoms with van der Waals surface area (Å²) in [5.41, 5.74) is 9.11. The van der Waals surface area contributed by atoms with Gasteiger partial charge in [0.05, 0.1) is 33.6 Å². The average Bonchev–Trinajstić information content (AvgIpc) is 3.89. The van der Waals surface area contributed by atoms with Crippen molar-refractivity contribution in [1.29, 1.82) is 0 Å². The first kappa shape index (κ1) is 36.8. The Kier molecular flexibility index (Phi) is 14.5. The minimum absolute atomic E-state index is 0.0538. The maximum atomic E-state index is 13.8. The predicted octanol–water partition coefficient (Wildman–Crippen LogP) is 7.94. The molecule has 3 aromatic carbocycles. The van der Waals surface area contributed by atoms with Gasteiger partial charge in [0.15, 0.2) is 5.75 Å². The molecule has 4 rings (SSSR count). The fourth-order valence-electron chi connectivity index (χ4n) is 5.17. The number of aryl methyl sites for hydroxylation is 1. The first-order valence-corrected chi connectivity index (χ1v) is 17.6. The molecule has 3 aromatic rings. The summed E-state index contributed by atoms with van der Waals surface area (Å²) in [4.78, 5) is 27.4. The Bertz CT molecular complexity index is 1460. The number of esters is 1. The molecule has 0 aromatic heterocycles. The SMILES string of the molecule is CCOC(=O)CCCCOc1cccc(CN(C(=O)C(CN)Cc2ccc(OCCOc3c(Cl)cc(C)cc3Cl)cc2)C2CC2)c1Br. The lowest BCUT2D eigenvalue weighted by Crippen LogP contribution is -2.41. The number of benzene rings is 3. The smallest absolute Gasteiger partial charge is 0.305 e. The maximum Gasteiger partial charge on any atom is 0.305 e. The van der Waals surface area contributed by atoms with Crippen LogP contribution in [-0.2, 0) is 27.3 Å². The van der Waals surface area contributed by atoms with Crippen molar-refractivity contribution in [2.75, 3.05) is 33.0 Å². The van der Waals surface area contributed by atoms with E-state index in [1.807, 2.05) is 54.3 Å². The van der Waals surface area contributed by atoms with E-state index < -0.39 is 0 Å². The highest BCUT2D eigenvalue weighted by Crippen LogP contribution is 2.35. The van der Waals surface area contributed by atoms with Crippen molar-refractivity contribution >= 4 is 51.0 Å². The summed E-state index contributed by atoms with van der Waals surface area (Å²) in [5, 5.41) is 0.934. The molecule has 47 heavy (non-hydrogen) atoms. The molecule has 1 fully saturated rings. The van der Waals surface area contributed by atoms with E-state index in [-0.39, 0.29) is 37.0 Å². The molecule has 254 valence electrons. The Morgan fingerprint density at radius 3 is 2.34 bits per heavy atom. The Balaban J connectivity index is 1.28. The van der Waals surface area contributed by atoms with Gasteiger partial charge in [-0.25, -0.2) is 0 Å². The minimum atomic E-state index is -0.350. The molecule has 0 saturated heterocycles. The van der Waals surface area contributed by atoms with E-state index in [0.29, 0.717) is 72.9 Å². The second kappa shape index (κ2) is 18.5. The molecule has 1 unspecified atom stereocenters. The lowest BCUT2D eigenvalue weighted by molar-refractivity contribution is -0.143. The fraction of sp³-hybridized carbons (Fsp3) is 0.444. The number of ether oxygens (including phenoxy) is 4. The number of unbranched alkanes of at least 4 members (excludes halogenated alkanes) is 1. The molecule has 1 saturated carbocycles. The van der Waals surface area contributed by atoms with Crippen LogP contribution >= 0.6 is 39.1 Å². The average molecular weight is 751 g/mol. The van der Waals surface area contributed by atoms with Crippen molar-refractivity contribution in [3.63, 3.8) is 0 Å². The summed E-state index contributed by atoms with van der Waals surface area (Å²) in [5.74, 6) is 1.38. The Morgan fingerprint density at radius 1 is 0.979 bits per heavy atom. The van der Waals surface area contributed by atoms with E-state index in [0.717, 1.165) is 40.4 Å². The van der Waals surface area contributed by atoms with Crippen molar-refractivity contribution in [2.24, 2.45) is 11.7 Å². The minimum Gasteiger partial charge on any atom is -0.492 e. The number of rotatable bonds is 19. The lowest BCUT2D eigenvalue weighted by atomic mass is 9.97. The van der Waals surface area contributed by atoms with Crippen molar-refractivity contribution in [3.8, 4) is 17.2 Å². The van der Waals surface area contributed by atoms with Gasteiger partial charge >= 0.3 is 5.97 Å². The molecule has 1 aliphatic carbocycles. The van der Waals surface area contributed by atoms with Crippen LogP contribution in [0.4, 0.5) is 0 Å². The Morgan fingerprint density at radius 2 is 1.68 bits per heavy atom. The molecular weight excluding hydrogens is 707 g/mol. The van der Waals surface area contributed by atoms with Gasteiger partial charge in [-0.05, 0) is 109 Å². The van der Waals surface area contributed by atoms with E-state index in [4.69, 9.17) is 47.9 Å². The van der Waals surface area contributed by atoms with E-state index in [2.05, 4.69) is 15.9 Å². The molecule has 0 aliphatic heterocycles. The number of nitrogens with two attached hydrogens (primary N) is 1. The highest BCUT2D eigenvalue weighted by molar-refractivity contribution is 9.10. The van der Waals surface area contributed by atoms with E-state index in [1.165, 1.54) is 0 Å². The first-order valence-electron chi connectivity index (χ1n) is 16.1. The molecule has 1 aliphatic rings. The zero-order valence-corrected chi connectivity index (χ0v) is 30.0. The number of carbonyl (C=O) groups is 2. The van der Waals surface area contributed by atoms with Gasteiger partial charge in [-0.15, -0.1) is 0 Å². The highest BCUT2D eigenvalue weighted by Gasteiger charge is 2.36. The summed E-state index contributed by atoms with van der Waals surface area (Å²) in [6, 6.07) is 17.4. The topological polar surface area (TPSA) is 100 Å². The zero-order valence-electron chi connectivity index (χ0n) is 26.9. The summed E-state index contributed by atoms with van der Waals surface area (Å²) in [6.45, 7) is 5.91. The van der Waals surface area contributed by atoms with Gasteiger partial charge in [0.1, 0.15) is 24.7 Å². The Labute approximate surface area is 295 Å². The van der Waals surface area contributed by atoms with Crippen LogP contribution in [0.5, 0.6) is 17.2 Å². The zero-order chi connectivity index (χ0) is 33.8. The van der Waals surface area contributed by atoms with Crippen molar-refractivity contribution in [3.05, 3.63) is 85.8 Å². The predicted molar refractivity (Wildman–Crippen MR) is 189 cm³/mol. The van der Waals surface area contributed by atoms with E-state index in [1.54, 1.807) is 19.1 Å². The highest BCUT2D eigenvalue weighted by atomic mass is 79.9. The lowest BCUT2D eigenvalue weighted by Gasteiger charge is -2.28. The van der Waals surface area contributed by atoms with Crippen LogP contribution in [0, 0.1) is 12.8 Å². The second-order valence-corrected chi connectivity index (χ2v) is 13.2. The number of amides is 1. The van der Waals surface area contributed by atoms with Crippen LogP contribution in [0.15, 0.2) is 59.1 Å². The number of halogens is 3. The molecule has 11 heteroatoms.